The number of halogens is 1. The predicted molar refractivity (Wildman–Crippen MR) is 114 cm³/mol. The first-order valence-electron chi connectivity index (χ1n) is 8.90. The zero-order valence-corrected chi connectivity index (χ0v) is 18.5. The molecule has 0 aliphatic carbocycles. The van der Waals surface area contributed by atoms with E-state index < -0.39 is 15.9 Å². The quantitative estimate of drug-likeness (QED) is 0.562. The number of oxazole rings is 1. The fraction of sp³-hybridized carbons (Fsp3) is 0.263. The molecule has 7 nitrogen and oxygen atoms in total. The highest BCUT2D eigenvalue weighted by atomic mass is 35.5. The Hall–Kier alpha value is -2.20. The lowest BCUT2D eigenvalue weighted by molar-refractivity contribution is 0.102. The van der Waals surface area contributed by atoms with Crippen LogP contribution >= 0.6 is 22.9 Å². The minimum absolute atomic E-state index is 0.0585. The molecule has 0 unspecified atom stereocenters. The third kappa shape index (κ3) is 4.37. The van der Waals surface area contributed by atoms with Gasteiger partial charge in [0.2, 0.25) is 15.9 Å². The number of sulfonamides is 1. The summed E-state index contributed by atoms with van der Waals surface area (Å²) >= 11 is 7.59. The Morgan fingerprint density at radius 2 is 2.00 bits per heavy atom. The topological polar surface area (TPSA) is 92.5 Å². The molecule has 1 aromatic carbocycles. The van der Waals surface area contributed by atoms with Crippen molar-refractivity contribution in [1.82, 2.24) is 9.29 Å². The van der Waals surface area contributed by atoms with Crippen LogP contribution in [-0.2, 0) is 10.0 Å². The lowest BCUT2D eigenvalue weighted by Gasteiger charge is -2.19. The number of anilines is 1. The van der Waals surface area contributed by atoms with Crippen molar-refractivity contribution >= 4 is 44.6 Å². The average molecular weight is 454 g/mol. The van der Waals surface area contributed by atoms with E-state index >= 15 is 0 Å². The normalized spacial score (nSPS) is 11.8. The molecule has 2 aromatic heterocycles. The summed E-state index contributed by atoms with van der Waals surface area (Å²) in [5.41, 5.74) is 0.432. The maximum Gasteiger partial charge on any atom is 0.277 e. The molecule has 0 atom stereocenters. The Bertz CT molecular complexity index is 1120. The van der Waals surface area contributed by atoms with Crippen LogP contribution in [0.3, 0.4) is 0 Å². The first-order chi connectivity index (χ1) is 13.8. The summed E-state index contributed by atoms with van der Waals surface area (Å²) in [6.07, 6.45) is 0. The highest BCUT2D eigenvalue weighted by molar-refractivity contribution is 7.89. The lowest BCUT2D eigenvalue weighted by atomic mass is 10.3. The van der Waals surface area contributed by atoms with E-state index in [4.69, 9.17) is 16.0 Å². The second-order valence-electron chi connectivity index (χ2n) is 6.09. The van der Waals surface area contributed by atoms with Gasteiger partial charge in [0.25, 0.3) is 5.91 Å². The molecule has 0 saturated heterocycles. The molecule has 3 rings (SSSR count). The van der Waals surface area contributed by atoms with Gasteiger partial charge < -0.3 is 9.73 Å². The number of hydrogen-bond acceptors (Lipinski definition) is 6. The van der Waals surface area contributed by atoms with Gasteiger partial charge in [-0.2, -0.15) is 4.31 Å². The molecule has 10 heteroatoms. The molecule has 0 aliphatic rings. The zero-order valence-electron chi connectivity index (χ0n) is 16.1. The van der Waals surface area contributed by atoms with Gasteiger partial charge in [-0.1, -0.05) is 31.5 Å². The number of carbonyl (C=O) groups is 1. The van der Waals surface area contributed by atoms with Crippen molar-refractivity contribution in [2.45, 2.75) is 25.7 Å². The monoisotopic (exact) mass is 453 g/mol. The largest absolute Gasteiger partial charge is 0.440 e. The summed E-state index contributed by atoms with van der Waals surface area (Å²) in [4.78, 5) is 17.7. The molecular weight excluding hydrogens is 434 g/mol. The Kier molecular flexibility index (Phi) is 6.42. The van der Waals surface area contributed by atoms with E-state index in [0.29, 0.717) is 30.4 Å². The number of aromatic nitrogens is 1. The molecule has 2 heterocycles. The van der Waals surface area contributed by atoms with Crippen LogP contribution in [0, 0.1) is 6.92 Å². The van der Waals surface area contributed by atoms with Gasteiger partial charge >= 0.3 is 0 Å². The molecule has 154 valence electrons. The minimum Gasteiger partial charge on any atom is -0.440 e. The number of nitrogens with one attached hydrogen (secondary N) is 1. The molecule has 3 aromatic rings. The molecule has 0 spiro atoms. The van der Waals surface area contributed by atoms with E-state index in [0.717, 1.165) is 4.88 Å². The highest BCUT2D eigenvalue weighted by Crippen LogP contribution is 2.29. The summed E-state index contributed by atoms with van der Waals surface area (Å²) in [5, 5.41) is 4.65. The standard InChI is InChI=1S/C19H20ClN3O4S2/c1-4-23(5-2)29(25,26)16-11-13(8-9-14(16)20)21-18(24)17-12(3)27-19(22-17)15-7-6-10-28-15/h6-11H,4-5H2,1-3H3,(H,21,24). The van der Waals surface area contributed by atoms with E-state index in [1.165, 1.54) is 33.8 Å². The average Bonchev–Trinajstić information content (AvgIpc) is 3.33. The third-order valence-electron chi connectivity index (χ3n) is 4.26. The van der Waals surface area contributed by atoms with Gasteiger partial charge in [-0.3, -0.25) is 4.79 Å². The summed E-state index contributed by atoms with van der Waals surface area (Å²) in [6, 6.07) is 8.05. The zero-order chi connectivity index (χ0) is 21.2. The second kappa shape index (κ2) is 8.66. The SMILES string of the molecule is CCN(CC)S(=O)(=O)c1cc(NC(=O)c2nc(-c3cccs3)oc2C)ccc1Cl. The number of nitrogens with zero attached hydrogens (tertiary/aromatic N) is 2. The second-order valence-corrected chi connectivity index (χ2v) is 9.35. The fourth-order valence-electron chi connectivity index (χ4n) is 2.78. The van der Waals surface area contributed by atoms with Gasteiger partial charge in [-0.25, -0.2) is 13.4 Å². The van der Waals surface area contributed by atoms with E-state index in [1.807, 2.05) is 17.5 Å². The van der Waals surface area contributed by atoms with Crippen molar-refractivity contribution in [1.29, 1.82) is 0 Å². The van der Waals surface area contributed by atoms with Crippen LogP contribution in [-0.4, -0.2) is 36.7 Å². The van der Waals surface area contributed by atoms with E-state index in [2.05, 4.69) is 10.3 Å². The number of hydrogen-bond donors (Lipinski definition) is 1. The molecule has 0 bridgehead atoms. The van der Waals surface area contributed by atoms with Crippen LogP contribution in [0.15, 0.2) is 45.0 Å². The number of benzene rings is 1. The predicted octanol–water partition coefficient (Wildman–Crippen LogP) is 4.65. The minimum atomic E-state index is -3.77. The van der Waals surface area contributed by atoms with Crippen molar-refractivity contribution in [2.24, 2.45) is 0 Å². The highest BCUT2D eigenvalue weighted by Gasteiger charge is 2.25. The van der Waals surface area contributed by atoms with Crippen LogP contribution in [0.4, 0.5) is 5.69 Å². The number of amides is 1. The van der Waals surface area contributed by atoms with Crippen molar-refractivity contribution in [3.63, 3.8) is 0 Å². The van der Waals surface area contributed by atoms with Crippen LogP contribution < -0.4 is 5.32 Å². The van der Waals surface area contributed by atoms with E-state index in [9.17, 15) is 13.2 Å². The summed E-state index contributed by atoms with van der Waals surface area (Å²) < 4.78 is 32.5. The van der Waals surface area contributed by atoms with E-state index in [1.54, 1.807) is 20.8 Å². The van der Waals surface area contributed by atoms with Gasteiger partial charge in [-0.05, 0) is 36.6 Å². The summed E-state index contributed by atoms with van der Waals surface area (Å²) in [5.74, 6) is 0.238. The fourth-order valence-corrected chi connectivity index (χ4v) is 5.39. The first-order valence-corrected chi connectivity index (χ1v) is 11.6. The third-order valence-corrected chi connectivity index (χ3v) is 7.65. The Balaban J connectivity index is 1.89. The number of carbonyl (C=O) groups excluding carboxylic acids is 1. The molecule has 0 aliphatic heterocycles. The van der Waals surface area contributed by atoms with Crippen molar-refractivity contribution in [3.05, 3.63) is 52.2 Å². The van der Waals surface area contributed by atoms with Gasteiger partial charge in [-0.15, -0.1) is 11.3 Å². The van der Waals surface area contributed by atoms with E-state index in [-0.39, 0.29) is 15.6 Å². The van der Waals surface area contributed by atoms with Crippen LogP contribution in [0.1, 0.15) is 30.1 Å². The Morgan fingerprint density at radius 3 is 2.62 bits per heavy atom. The van der Waals surface area contributed by atoms with Gasteiger partial charge in [0.1, 0.15) is 10.7 Å². The Labute approximate surface area is 178 Å². The summed E-state index contributed by atoms with van der Waals surface area (Å²) in [6.45, 7) is 5.78. The number of rotatable bonds is 7. The van der Waals surface area contributed by atoms with Crippen molar-refractivity contribution in [3.8, 4) is 10.8 Å². The molecular formula is C19H20ClN3O4S2. The Morgan fingerprint density at radius 1 is 1.28 bits per heavy atom. The van der Waals surface area contributed by atoms with Crippen molar-refractivity contribution < 1.29 is 17.6 Å². The van der Waals surface area contributed by atoms with Crippen molar-refractivity contribution in [2.75, 3.05) is 18.4 Å². The summed E-state index contributed by atoms with van der Waals surface area (Å²) in [7, 11) is -3.77. The molecule has 0 fully saturated rings. The number of aryl methyl sites for hydroxylation is 1. The molecule has 1 N–H and O–H groups in total. The van der Waals surface area contributed by atoms with Gasteiger partial charge in [0, 0.05) is 18.8 Å². The smallest absolute Gasteiger partial charge is 0.277 e. The van der Waals surface area contributed by atoms with Gasteiger partial charge in [0.15, 0.2) is 5.69 Å². The molecule has 0 radical (unpaired) electrons. The van der Waals surface area contributed by atoms with Crippen LogP contribution in [0.5, 0.6) is 0 Å². The molecule has 29 heavy (non-hydrogen) atoms. The lowest BCUT2D eigenvalue weighted by Crippen LogP contribution is -2.30. The number of thiophene rings is 1. The maximum absolute atomic E-state index is 12.8. The van der Waals surface area contributed by atoms with Gasteiger partial charge in [0.05, 0.1) is 9.90 Å². The van der Waals surface area contributed by atoms with Crippen LogP contribution in [0.2, 0.25) is 5.02 Å². The van der Waals surface area contributed by atoms with Crippen LogP contribution in [0.25, 0.3) is 10.8 Å². The maximum atomic E-state index is 12.8. The molecule has 1 amide bonds. The molecule has 0 saturated carbocycles. The first kappa shape index (κ1) is 21.5.